The number of rotatable bonds is 4. The number of carbonyl (C=O) groups is 1. The lowest BCUT2D eigenvalue weighted by Crippen LogP contribution is -2.23. The Bertz CT molecular complexity index is 746. The Morgan fingerprint density at radius 3 is 2.95 bits per heavy atom. The third kappa shape index (κ3) is 3.20. The average molecular weight is 297 g/mol. The van der Waals surface area contributed by atoms with Gasteiger partial charge in [0.1, 0.15) is 0 Å². The summed E-state index contributed by atoms with van der Waals surface area (Å²) < 4.78 is 0. The number of nitrogens with one attached hydrogen (secondary N) is 2. The lowest BCUT2D eigenvalue weighted by molar-refractivity contribution is 0.0946. The zero-order chi connectivity index (χ0) is 14.7. The fourth-order valence-electron chi connectivity index (χ4n) is 2.09. The van der Waals surface area contributed by atoms with Gasteiger partial charge in [-0.15, -0.1) is 11.3 Å². The minimum Gasteiger partial charge on any atom is -0.347 e. The fourth-order valence-corrected chi connectivity index (χ4v) is 2.78. The minimum atomic E-state index is -0.171. The summed E-state index contributed by atoms with van der Waals surface area (Å²) in [4.78, 5) is 13.2. The van der Waals surface area contributed by atoms with Crippen molar-refractivity contribution < 1.29 is 4.79 Å². The van der Waals surface area contributed by atoms with E-state index in [4.69, 9.17) is 0 Å². The van der Waals surface area contributed by atoms with Gasteiger partial charge in [0, 0.05) is 6.54 Å². The van der Waals surface area contributed by atoms with Crippen LogP contribution < -0.4 is 5.32 Å². The molecule has 0 radical (unpaired) electrons. The molecule has 0 aliphatic heterocycles. The molecular formula is C16H15N3OS. The quantitative estimate of drug-likeness (QED) is 0.775. The van der Waals surface area contributed by atoms with Crippen LogP contribution in [-0.2, 0) is 6.54 Å². The first-order valence-corrected chi connectivity index (χ1v) is 7.53. The van der Waals surface area contributed by atoms with E-state index in [1.54, 1.807) is 17.4 Å². The Kier molecular flexibility index (Phi) is 3.83. The molecule has 1 aromatic carbocycles. The predicted molar refractivity (Wildman–Crippen MR) is 84.2 cm³/mol. The summed E-state index contributed by atoms with van der Waals surface area (Å²) in [6, 6.07) is 13.8. The van der Waals surface area contributed by atoms with Gasteiger partial charge in [-0.3, -0.25) is 9.89 Å². The molecule has 0 aliphatic carbocycles. The van der Waals surface area contributed by atoms with E-state index in [1.807, 2.05) is 42.6 Å². The number of carbonyl (C=O) groups excluding carboxylic acids is 1. The van der Waals surface area contributed by atoms with Gasteiger partial charge < -0.3 is 5.32 Å². The maximum absolute atomic E-state index is 12.1. The largest absolute Gasteiger partial charge is 0.347 e. The van der Waals surface area contributed by atoms with Crippen LogP contribution in [0.3, 0.4) is 0 Å². The normalized spacial score (nSPS) is 10.5. The maximum Gasteiger partial charge on any atom is 0.272 e. The van der Waals surface area contributed by atoms with Crippen LogP contribution in [0.15, 0.2) is 47.8 Å². The Morgan fingerprint density at radius 2 is 2.19 bits per heavy atom. The van der Waals surface area contributed by atoms with Crippen molar-refractivity contribution in [2.75, 3.05) is 0 Å². The topological polar surface area (TPSA) is 57.8 Å². The number of hydrogen-bond acceptors (Lipinski definition) is 3. The van der Waals surface area contributed by atoms with Gasteiger partial charge in [-0.2, -0.15) is 5.10 Å². The van der Waals surface area contributed by atoms with Gasteiger partial charge >= 0.3 is 0 Å². The van der Waals surface area contributed by atoms with Crippen LogP contribution >= 0.6 is 11.3 Å². The summed E-state index contributed by atoms with van der Waals surface area (Å²) in [6.07, 6.45) is 0. The number of thiophene rings is 1. The molecule has 0 unspecified atom stereocenters. The third-order valence-electron chi connectivity index (χ3n) is 3.13. The Balaban J connectivity index is 1.66. The molecule has 5 heteroatoms. The van der Waals surface area contributed by atoms with Crippen molar-refractivity contribution in [3.05, 3.63) is 64.7 Å². The Hall–Kier alpha value is -2.40. The predicted octanol–water partition coefficient (Wildman–Crippen LogP) is 3.38. The van der Waals surface area contributed by atoms with Crippen LogP contribution in [0.5, 0.6) is 0 Å². The van der Waals surface area contributed by atoms with Gasteiger partial charge in [-0.25, -0.2) is 0 Å². The summed E-state index contributed by atoms with van der Waals surface area (Å²) in [5.74, 6) is -0.171. The molecule has 0 spiro atoms. The van der Waals surface area contributed by atoms with Crippen LogP contribution in [0.25, 0.3) is 10.6 Å². The Morgan fingerprint density at radius 1 is 1.29 bits per heavy atom. The highest BCUT2D eigenvalue weighted by Gasteiger charge is 2.11. The van der Waals surface area contributed by atoms with Gasteiger partial charge in [0.2, 0.25) is 0 Å². The highest BCUT2D eigenvalue weighted by molar-refractivity contribution is 7.13. The first-order chi connectivity index (χ1) is 10.2. The average Bonchev–Trinajstić information content (AvgIpc) is 3.15. The summed E-state index contributed by atoms with van der Waals surface area (Å²) in [5.41, 5.74) is 3.54. The lowest BCUT2D eigenvalue weighted by atomic mass is 10.1. The van der Waals surface area contributed by atoms with E-state index in [2.05, 4.69) is 21.6 Å². The van der Waals surface area contributed by atoms with E-state index >= 15 is 0 Å². The molecule has 106 valence electrons. The smallest absolute Gasteiger partial charge is 0.272 e. The van der Waals surface area contributed by atoms with Crippen LogP contribution in [0, 0.1) is 6.92 Å². The van der Waals surface area contributed by atoms with E-state index in [0.29, 0.717) is 12.2 Å². The molecule has 0 atom stereocenters. The number of benzene rings is 1. The van der Waals surface area contributed by atoms with Crippen LogP contribution in [0.1, 0.15) is 21.6 Å². The molecule has 2 heterocycles. The number of aryl methyl sites for hydroxylation is 1. The number of amides is 1. The van der Waals surface area contributed by atoms with Crippen LogP contribution in [0.4, 0.5) is 0 Å². The van der Waals surface area contributed by atoms with Crippen molar-refractivity contribution in [3.8, 4) is 10.6 Å². The summed E-state index contributed by atoms with van der Waals surface area (Å²) in [6.45, 7) is 2.54. The number of nitrogens with zero attached hydrogens (tertiary/aromatic N) is 1. The number of hydrogen-bond donors (Lipinski definition) is 2. The van der Waals surface area contributed by atoms with E-state index in [0.717, 1.165) is 16.1 Å². The van der Waals surface area contributed by atoms with E-state index in [1.165, 1.54) is 5.56 Å². The summed E-state index contributed by atoms with van der Waals surface area (Å²) >= 11 is 1.61. The zero-order valence-electron chi connectivity index (χ0n) is 11.6. The van der Waals surface area contributed by atoms with Gasteiger partial charge in [0.15, 0.2) is 5.69 Å². The highest BCUT2D eigenvalue weighted by atomic mass is 32.1. The Labute approximate surface area is 126 Å². The SMILES string of the molecule is Cc1cccc(CNC(=O)c2cc(-c3cccs3)[nH]n2)c1. The van der Waals surface area contributed by atoms with Crippen molar-refractivity contribution in [2.45, 2.75) is 13.5 Å². The molecule has 0 aliphatic rings. The van der Waals surface area contributed by atoms with Gasteiger partial charge in [-0.1, -0.05) is 35.9 Å². The second-order valence-electron chi connectivity index (χ2n) is 4.82. The lowest BCUT2D eigenvalue weighted by Gasteiger charge is -2.04. The molecule has 0 saturated heterocycles. The molecule has 2 N–H and O–H groups in total. The van der Waals surface area contributed by atoms with Crippen LogP contribution in [-0.4, -0.2) is 16.1 Å². The maximum atomic E-state index is 12.1. The highest BCUT2D eigenvalue weighted by Crippen LogP contribution is 2.22. The molecule has 3 aromatic rings. The summed E-state index contributed by atoms with van der Waals surface area (Å²) in [7, 11) is 0. The fraction of sp³-hybridized carbons (Fsp3) is 0.125. The van der Waals surface area contributed by atoms with Crippen molar-refractivity contribution in [3.63, 3.8) is 0 Å². The van der Waals surface area contributed by atoms with E-state index < -0.39 is 0 Å². The number of aromatic nitrogens is 2. The van der Waals surface area contributed by atoms with Crippen LogP contribution in [0.2, 0.25) is 0 Å². The molecule has 1 amide bonds. The van der Waals surface area contributed by atoms with Crippen molar-refractivity contribution in [2.24, 2.45) is 0 Å². The molecule has 21 heavy (non-hydrogen) atoms. The molecular weight excluding hydrogens is 282 g/mol. The van der Waals surface area contributed by atoms with E-state index in [9.17, 15) is 4.79 Å². The minimum absolute atomic E-state index is 0.171. The van der Waals surface area contributed by atoms with Gasteiger partial charge in [0.05, 0.1) is 10.6 Å². The monoisotopic (exact) mass is 297 g/mol. The second kappa shape index (κ2) is 5.93. The molecule has 0 saturated carbocycles. The molecule has 4 nitrogen and oxygen atoms in total. The van der Waals surface area contributed by atoms with Gasteiger partial charge in [-0.05, 0) is 30.0 Å². The van der Waals surface area contributed by atoms with Crippen molar-refractivity contribution >= 4 is 17.2 Å². The standard InChI is InChI=1S/C16H15N3OS/c1-11-4-2-5-12(8-11)10-17-16(20)14-9-13(18-19-14)15-6-3-7-21-15/h2-9H,10H2,1H3,(H,17,20)(H,18,19). The molecule has 0 bridgehead atoms. The molecule has 0 fully saturated rings. The van der Waals surface area contributed by atoms with Crippen molar-refractivity contribution in [1.82, 2.24) is 15.5 Å². The first-order valence-electron chi connectivity index (χ1n) is 6.65. The second-order valence-corrected chi connectivity index (χ2v) is 5.76. The zero-order valence-corrected chi connectivity index (χ0v) is 12.4. The number of aromatic amines is 1. The molecule has 2 aromatic heterocycles. The number of H-pyrrole nitrogens is 1. The van der Waals surface area contributed by atoms with E-state index in [-0.39, 0.29) is 5.91 Å². The first kappa shape index (κ1) is 13.6. The third-order valence-corrected chi connectivity index (χ3v) is 4.04. The van der Waals surface area contributed by atoms with Crippen molar-refractivity contribution in [1.29, 1.82) is 0 Å². The summed E-state index contributed by atoms with van der Waals surface area (Å²) in [5, 5.41) is 11.8. The van der Waals surface area contributed by atoms with Gasteiger partial charge in [0.25, 0.3) is 5.91 Å². The molecule has 3 rings (SSSR count).